The summed E-state index contributed by atoms with van der Waals surface area (Å²) in [5.74, 6) is -0.341. The molecule has 4 nitrogen and oxygen atoms in total. The molecule has 33 heavy (non-hydrogen) atoms. The minimum absolute atomic E-state index is 0.0928. The van der Waals surface area contributed by atoms with Gasteiger partial charge in [-0.2, -0.15) is 0 Å². The molecule has 0 aliphatic heterocycles. The van der Waals surface area contributed by atoms with Crippen LogP contribution in [0.25, 0.3) is 31.2 Å². The van der Waals surface area contributed by atoms with Gasteiger partial charge in [0.1, 0.15) is 5.58 Å². The lowest BCUT2D eigenvalue weighted by Crippen LogP contribution is -2.11. The van der Waals surface area contributed by atoms with Crippen molar-refractivity contribution >= 4 is 39.6 Å². The van der Waals surface area contributed by atoms with Crippen LogP contribution >= 0.6 is 22.7 Å². The smallest absolute Gasteiger partial charge is 0.305 e. The molecule has 0 N–H and O–H groups in total. The zero-order valence-corrected chi connectivity index (χ0v) is 20.7. The third-order valence-electron chi connectivity index (χ3n) is 5.74. The molecular weight excluding hydrogens is 452 g/mol. The average molecular weight is 481 g/mol. The average Bonchev–Trinajstić information content (AvgIpc) is 3.51. The number of esters is 1. The molecule has 4 aromatic rings. The Morgan fingerprint density at radius 1 is 0.939 bits per heavy atom. The van der Waals surface area contributed by atoms with Crippen LogP contribution in [0.4, 0.5) is 0 Å². The Labute approximate surface area is 201 Å². The third-order valence-corrected chi connectivity index (χ3v) is 8.22. The van der Waals surface area contributed by atoms with Gasteiger partial charge in [0.15, 0.2) is 5.43 Å². The molecule has 0 saturated heterocycles. The van der Waals surface area contributed by atoms with E-state index in [-0.39, 0.29) is 17.8 Å². The number of rotatable bonds is 10. The van der Waals surface area contributed by atoms with Crippen LogP contribution in [0.15, 0.2) is 57.9 Å². The van der Waals surface area contributed by atoms with Gasteiger partial charge in [-0.3, -0.25) is 9.59 Å². The second-order valence-electron chi connectivity index (χ2n) is 8.12. The summed E-state index contributed by atoms with van der Waals surface area (Å²) in [5, 5.41) is 0.537. The summed E-state index contributed by atoms with van der Waals surface area (Å²) in [6.45, 7) is 2.24. The lowest BCUT2D eigenvalue weighted by Gasteiger charge is -2.04. The lowest BCUT2D eigenvalue weighted by molar-refractivity contribution is -0.140. The number of carbonyl (C=O) groups excluding carboxylic acids is 1. The fourth-order valence-electron chi connectivity index (χ4n) is 3.83. The van der Waals surface area contributed by atoms with Gasteiger partial charge in [-0.15, -0.1) is 22.7 Å². The summed E-state index contributed by atoms with van der Waals surface area (Å²) in [6, 6.07) is 14.5. The monoisotopic (exact) mass is 480 g/mol. The van der Waals surface area contributed by atoms with Crippen molar-refractivity contribution in [3.63, 3.8) is 0 Å². The number of unbranched alkanes of at least 4 members (excludes halogenated alkanes) is 3. The maximum Gasteiger partial charge on any atom is 0.305 e. The van der Waals surface area contributed by atoms with Crippen LogP contribution in [0.5, 0.6) is 0 Å². The minimum Gasteiger partial charge on any atom is -0.469 e. The molecular formula is C27H28O4S2. The first-order valence-electron chi connectivity index (χ1n) is 11.4. The Hall–Kier alpha value is -2.70. The number of hydrogen-bond donors (Lipinski definition) is 0. The standard InChI is InChI=1S/C27H28O4S2/c1-3-4-5-6-7-20-10-12-24(32-20)25-14-13-23(33-25)18-8-11-22-21(16-18)27(29)19(17-31-22)9-15-26(28)30-2/h8,10-14,16-17H,3-7,9,15H2,1-2H3. The molecule has 0 bridgehead atoms. The number of fused-ring (bicyclic) bond motifs is 1. The molecule has 3 aromatic heterocycles. The predicted octanol–water partition coefficient (Wildman–Crippen LogP) is 7.48. The molecule has 0 amide bonds. The topological polar surface area (TPSA) is 56.5 Å². The van der Waals surface area contributed by atoms with Crippen molar-refractivity contribution in [2.45, 2.75) is 51.9 Å². The van der Waals surface area contributed by atoms with Gasteiger partial charge in [0.2, 0.25) is 0 Å². The van der Waals surface area contributed by atoms with E-state index in [1.54, 1.807) is 11.3 Å². The number of ether oxygens (including phenoxy) is 1. The molecule has 0 spiro atoms. The van der Waals surface area contributed by atoms with Crippen molar-refractivity contribution in [1.29, 1.82) is 0 Å². The summed E-state index contributed by atoms with van der Waals surface area (Å²) in [5.41, 5.74) is 1.94. The van der Waals surface area contributed by atoms with E-state index >= 15 is 0 Å². The van der Waals surface area contributed by atoms with E-state index in [0.717, 1.165) is 16.9 Å². The van der Waals surface area contributed by atoms with Crippen LogP contribution in [0.1, 0.15) is 49.5 Å². The quantitative estimate of drug-likeness (QED) is 0.174. The van der Waals surface area contributed by atoms with Gasteiger partial charge in [-0.1, -0.05) is 26.2 Å². The van der Waals surface area contributed by atoms with Crippen molar-refractivity contribution < 1.29 is 13.9 Å². The Kier molecular flexibility index (Phi) is 7.78. The van der Waals surface area contributed by atoms with Gasteiger partial charge in [-0.25, -0.2) is 0 Å². The molecule has 4 rings (SSSR count). The van der Waals surface area contributed by atoms with Crippen LogP contribution < -0.4 is 5.43 Å². The highest BCUT2D eigenvalue weighted by atomic mass is 32.1. The van der Waals surface area contributed by atoms with Crippen molar-refractivity contribution in [1.82, 2.24) is 0 Å². The molecule has 1 aromatic carbocycles. The number of benzene rings is 1. The molecule has 0 radical (unpaired) electrons. The zero-order valence-electron chi connectivity index (χ0n) is 19.0. The predicted molar refractivity (Wildman–Crippen MR) is 137 cm³/mol. The van der Waals surface area contributed by atoms with E-state index in [1.807, 2.05) is 29.5 Å². The molecule has 3 heterocycles. The number of carbonyl (C=O) groups is 1. The Bertz CT molecular complexity index is 1290. The third kappa shape index (κ3) is 5.63. The summed E-state index contributed by atoms with van der Waals surface area (Å²) in [7, 11) is 1.34. The molecule has 172 valence electrons. The molecule has 0 aliphatic carbocycles. The number of aryl methyl sites for hydroxylation is 2. The highest BCUT2D eigenvalue weighted by Crippen LogP contribution is 2.38. The SMILES string of the molecule is CCCCCCc1ccc(-c2ccc(-c3ccc4occ(CCC(=O)OC)c(=O)c4c3)s2)s1. The maximum atomic E-state index is 13.0. The zero-order chi connectivity index (χ0) is 23.2. The summed E-state index contributed by atoms with van der Waals surface area (Å²) in [4.78, 5) is 29.5. The minimum atomic E-state index is -0.341. The first-order valence-corrected chi connectivity index (χ1v) is 13.0. The van der Waals surface area contributed by atoms with E-state index in [4.69, 9.17) is 4.42 Å². The van der Waals surface area contributed by atoms with Gasteiger partial charge in [-0.05, 0) is 67.3 Å². The second-order valence-corrected chi connectivity index (χ2v) is 10.4. The fourth-order valence-corrected chi connectivity index (χ4v) is 5.97. The molecule has 6 heteroatoms. The van der Waals surface area contributed by atoms with Crippen molar-refractivity contribution in [2.24, 2.45) is 0 Å². The Balaban J connectivity index is 1.54. The van der Waals surface area contributed by atoms with Crippen LogP contribution in [0.3, 0.4) is 0 Å². The van der Waals surface area contributed by atoms with E-state index in [0.29, 0.717) is 23.0 Å². The van der Waals surface area contributed by atoms with Gasteiger partial charge in [0.25, 0.3) is 0 Å². The number of methoxy groups -OCH3 is 1. The summed E-state index contributed by atoms with van der Waals surface area (Å²) in [6.07, 6.45) is 8.19. The number of hydrogen-bond acceptors (Lipinski definition) is 6. The van der Waals surface area contributed by atoms with Crippen molar-refractivity contribution in [3.05, 3.63) is 69.4 Å². The van der Waals surface area contributed by atoms with Gasteiger partial charge < -0.3 is 9.15 Å². The molecule has 0 aliphatic rings. The van der Waals surface area contributed by atoms with E-state index in [1.165, 1.54) is 53.7 Å². The van der Waals surface area contributed by atoms with E-state index < -0.39 is 0 Å². The van der Waals surface area contributed by atoms with Gasteiger partial charge in [0.05, 0.1) is 18.8 Å². The molecule has 0 fully saturated rings. The molecule has 0 saturated carbocycles. The Morgan fingerprint density at radius 2 is 1.73 bits per heavy atom. The van der Waals surface area contributed by atoms with E-state index in [2.05, 4.69) is 35.9 Å². The molecule has 0 unspecified atom stereocenters. The number of thiophene rings is 2. The summed E-state index contributed by atoms with van der Waals surface area (Å²) < 4.78 is 10.3. The highest BCUT2D eigenvalue weighted by Gasteiger charge is 2.13. The van der Waals surface area contributed by atoms with Crippen LogP contribution in [0.2, 0.25) is 0 Å². The fraction of sp³-hybridized carbons (Fsp3) is 0.333. The van der Waals surface area contributed by atoms with Crippen LogP contribution in [-0.4, -0.2) is 13.1 Å². The first kappa shape index (κ1) is 23.5. The van der Waals surface area contributed by atoms with Gasteiger partial charge >= 0.3 is 5.97 Å². The first-order chi connectivity index (χ1) is 16.1. The van der Waals surface area contributed by atoms with E-state index in [9.17, 15) is 9.59 Å². The van der Waals surface area contributed by atoms with Crippen LogP contribution in [-0.2, 0) is 22.4 Å². The largest absolute Gasteiger partial charge is 0.469 e. The van der Waals surface area contributed by atoms with Gasteiger partial charge in [0, 0.05) is 31.5 Å². The van der Waals surface area contributed by atoms with Crippen LogP contribution in [0, 0.1) is 0 Å². The lowest BCUT2D eigenvalue weighted by atomic mass is 10.1. The maximum absolute atomic E-state index is 13.0. The normalized spacial score (nSPS) is 11.2. The summed E-state index contributed by atoms with van der Waals surface area (Å²) >= 11 is 3.61. The Morgan fingerprint density at radius 3 is 2.55 bits per heavy atom. The second kappa shape index (κ2) is 10.9. The highest BCUT2D eigenvalue weighted by molar-refractivity contribution is 7.23. The van der Waals surface area contributed by atoms with Crippen molar-refractivity contribution in [2.75, 3.05) is 7.11 Å². The molecule has 0 atom stereocenters. The van der Waals surface area contributed by atoms with Crippen molar-refractivity contribution in [3.8, 4) is 20.2 Å².